The van der Waals surface area contributed by atoms with Crippen LogP contribution < -0.4 is 11.1 Å². The molecule has 2 aromatic rings. The van der Waals surface area contributed by atoms with Crippen LogP contribution in [0.5, 0.6) is 0 Å². The molecule has 0 aliphatic carbocycles. The number of benzene rings is 2. The lowest BCUT2D eigenvalue weighted by Gasteiger charge is -2.42. The van der Waals surface area contributed by atoms with Gasteiger partial charge in [-0.15, -0.1) is 12.4 Å². The number of amides is 1. The van der Waals surface area contributed by atoms with Gasteiger partial charge < -0.3 is 16.0 Å². The number of hydrogen-bond acceptors (Lipinski definition) is 4. The monoisotopic (exact) mass is 452 g/mol. The van der Waals surface area contributed by atoms with Crippen LogP contribution in [-0.2, 0) is 0 Å². The Morgan fingerprint density at radius 3 is 2.52 bits per heavy atom. The Hall–Kier alpha value is -2.12. The number of amidine groups is 1. The molecule has 0 saturated carbocycles. The Kier molecular flexibility index (Phi) is 5.44. The van der Waals surface area contributed by atoms with Gasteiger partial charge in [-0.05, 0) is 36.4 Å². The minimum atomic E-state index is -0.582. The zero-order chi connectivity index (χ0) is 18.3. The summed E-state index contributed by atoms with van der Waals surface area (Å²) in [5, 5.41) is 3.34. The summed E-state index contributed by atoms with van der Waals surface area (Å²) in [5.74, 6) is -0.162. The maximum Gasteiger partial charge on any atom is 0.253 e. The van der Waals surface area contributed by atoms with Crippen molar-refractivity contribution in [2.75, 3.05) is 18.4 Å². The predicted octanol–water partition coefficient (Wildman–Crippen LogP) is 3.77. The van der Waals surface area contributed by atoms with Gasteiger partial charge in [-0.3, -0.25) is 4.79 Å². The smallest absolute Gasteiger partial charge is 0.253 e. The van der Waals surface area contributed by atoms with Crippen LogP contribution >= 0.6 is 28.3 Å². The van der Waals surface area contributed by atoms with E-state index in [0.717, 1.165) is 4.47 Å². The largest absolute Gasteiger partial charge is 0.383 e. The molecular weight excluding hydrogens is 435 g/mol. The van der Waals surface area contributed by atoms with Crippen molar-refractivity contribution in [1.29, 1.82) is 0 Å². The molecule has 0 unspecified atom stereocenters. The Balaban J connectivity index is 0.00000210. The number of carbonyl (C=O) groups is 1. The summed E-state index contributed by atoms with van der Waals surface area (Å²) >= 11 is 3.38. The molecule has 3 N–H and O–H groups in total. The molecule has 4 rings (SSSR count). The van der Waals surface area contributed by atoms with Gasteiger partial charge in [0.1, 0.15) is 17.3 Å². The number of hydrogen-bond donors (Lipinski definition) is 2. The minimum Gasteiger partial charge on any atom is -0.383 e. The molecule has 142 valence electrons. The normalized spacial score (nSPS) is 17.4. The summed E-state index contributed by atoms with van der Waals surface area (Å²) in [6.07, 6.45) is 1.23. The lowest BCUT2D eigenvalue weighted by Crippen LogP contribution is -2.52. The number of fused-ring (bicyclic) bond motifs is 1. The molecule has 1 amide bonds. The average Bonchev–Trinajstić information content (AvgIpc) is 2.62. The summed E-state index contributed by atoms with van der Waals surface area (Å²) in [5.41, 5.74) is 7.10. The number of aliphatic imine (C=N–C) groups is 1. The van der Waals surface area contributed by atoms with Crippen LogP contribution in [-0.4, -0.2) is 35.4 Å². The minimum absolute atomic E-state index is 0. The zero-order valence-electron chi connectivity index (χ0n) is 14.4. The molecule has 0 radical (unpaired) electrons. The number of carbonyl (C=O) groups excluding carboxylic acids is 1. The Morgan fingerprint density at radius 1 is 1.19 bits per heavy atom. The van der Waals surface area contributed by atoms with Crippen LogP contribution in [0.3, 0.4) is 0 Å². The van der Waals surface area contributed by atoms with E-state index >= 15 is 0 Å². The van der Waals surface area contributed by atoms with Crippen LogP contribution in [0.1, 0.15) is 28.8 Å². The van der Waals surface area contributed by atoms with Crippen molar-refractivity contribution >= 4 is 45.8 Å². The van der Waals surface area contributed by atoms with Gasteiger partial charge in [-0.2, -0.15) is 0 Å². The van der Waals surface area contributed by atoms with Gasteiger partial charge >= 0.3 is 0 Å². The molecule has 2 heterocycles. The molecule has 2 aliphatic heterocycles. The van der Waals surface area contributed by atoms with Crippen LogP contribution in [0.2, 0.25) is 0 Å². The van der Waals surface area contributed by atoms with Crippen molar-refractivity contribution < 1.29 is 9.18 Å². The number of nitrogens with zero attached hydrogens (tertiary/aromatic N) is 2. The van der Waals surface area contributed by atoms with E-state index in [4.69, 9.17) is 5.73 Å². The second kappa shape index (κ2) is 7.48. The van der Waals surface area contributed by atoms with E-state index in [1.165, 1.54) is 6.07 Å². The Bertz CT molecular complexity index is 895. The van der Waals surface area contributed by atoms with Crippen molar-refractivity contribution in [3.8, 4) is 0 Å². The number of piperidine rings is 1. The van der Waals surface area contributed by atoms with Crippen molar-refractivity contribution in [2.24, 2.45) is 10.7 Å². The fraction of sp³-hybridized carbons (Fsp3) is 0.263. The molecule has 0 bridgehead atoms. The van der Waals surface area contributed by atoms with Crippen molar-refractivity contribution in [3.63, 3.8) is 0 Å². The molecule has 0 aromatic heterocycles. The highest BCUT2D eigenvalue weighted by Gasteiger charge is 2.39. The van der Waals surface area contributed by atoms with E-state index in [-0.39, 0.29) is 30.0 Å². The van der Waals surface area contributed by atoms with Crippen molar-refractivity contribution in [3.05, 3.63) is 63.9 Å². The zero-order valence-corrected chi connectivity index (χ0v) is 16.8. The van der Waals surface area contributed by atoms with E-state index in [0.29, 0.717) is 42.7 Å². The highest BCUT2D eigenvalue weighted by molar-refractivity contribution is 9.10. The first-order chi connectivity index (χ1) is 12.5. The SMILES string of the molecule is Cl.NC1=NC2(CCN(C(=O)c3ccc(Br)cc3)CC2)Nc2cccc(F)c21. The lowest BCUT2D eigenvalue weighted by molar-refractivity contribution is 0.0685. The third-order valence-corrected chi connectivity index (χ3v) is 5.47. The average molecular weight is 454 g/mol. The number of rotatable bonds is 1. The van der Waals surface area contributed by atoms with Crippen molar-refractivity contribution in [1.82, 2.24) is 4.90 Å². The highest BCUT2D eigenvalue weighted by atomic mass is 79.9. The standard InChI is InChI=1S/C19H18BrFN4O.ClH/c20-13-6-4-12(5-7-13)18(26)25-10-8-19(9-11-25)23-15-3-1-2-14(21)16(15)17(22)24-19;/h1-7,23H,8-11H2,(H2,22,24);1H. The first-order valence-corrected chi connectivity index (χ1v) is 9.24. The van der Waals surface area contributed by atoms with Crippen LogP contribution in [0.4, 0.5) is 10.1 Å². The molecule has 2 aromatic carbocycles. The molecule has 2 aliphatic rings. The van der Waals surface area contributed by atoms with Gasteiger partial charge in [0.05, 0.1) is 5.56 Å². The molecule has 8 heteroatoms. The maximum absolute atomic E-state index is 14.0. The summed E-state index contributed by atoms with van der Waals surface area (Å²) in [4.78, 5) is 19.0. The molecule has 1 saturated heterocycles. The Morgan fingerprint density at radius 2 is 1.85 bits per heavy atom. The first kappa shape index (κ1) is 19.6. The fourth-order valence-electron chi connectivity index (χ4n) is 3.55. The van der Waals surface area contributed by atoms with E-state index in [9.17, 15) is 9.18 Å². The van der Waals surface area contributed by atoms with Gasteiger partial charge in [0.15, 0.2) is 0 Å². The topological polar surface area (TPSA) is 70.7 Å². The van der Waals surface area contributed by atoms with Crippen LogP contribution in [0.25, 0.3) is 0 Å². The first-order valence-electron chi connectivity index (χ1n) is 8.45. The third kappa shape index (κ3) is 3.66. The molecule has 1 fully saturated rings. The number of halogens is 3. The van der Waals surface area contributed by atoms with Gasteiger partial charge in [0, 0.05) is 41.7 Å². The number of anilines is 1. The summed E-state index contributed by atoms with van der Waals surface area (Å²) in [7, 11) is 0. The molecule has 27 heavy (non-hydrogen) atoms. The summed E-state index contributed by atoms with van der Waals surface area (Å²) < 4.78 is 14.9. The second-order valence-corrected chi connectivity index (χ2v) is 7.53. The van der Waals surface area contributed by atoms with E-state index in [2.05, 4.69) is 26.2 Å². The number of nitrogens with one attached hydrogen (secondary N) is 1. The van der Waals surface area contributed by atoms with Crippen LogP contribution in [0, 0.1) is 5.82 Å². The molecule has 0 atom stereocenters. The van der Waals surface area contributed by atoms with Gasteiger partial charge in [0.25, 0.3) is 5.91 Å². The molecular formula is C19H19BrClFN4O. The Labute approximate surface area is 171 Å². The van der Waals surface area contributed by atoms with E-state index in [1.54, 1.807) is 12.1 Å². The maximum atomic E-state index is 14.0. The quantitative estimate of drug-likeness (QED) is 0.690. The molecule has 1 spiro atoms. The predicted molar refractivity (Wildman–Crippen MR) is 110 cm³/mol. The van der Waals surface area contributed by atoms with E-state index < -0.39 is 5.66 Å². The van der Waals surface area contributed by atoms with Gasteiger partial charge in [-0.1, -0.05) is 22.0 Å². The van der Waals surface area contributed by atoms with Crippen molar-refractivity contribution in [2.45, 2.75) is 18.5 Å². The summed E-state index contributed by atoms with van der Waals surface area (Å²) in [6, 6.07) is 12.2. The lowest BCUT2D eigenvalue weighted by atomic mass is 9.93. The van der Waals surface area contributed by atoms with Gasteiger partial charge in [0.2, 0.25) is 0 Å². The summed E-state index contributed by atoms with van der Waals surface area (Å²) in [6.45, 7) is 1.12. The third-order valence-electron chi connectivity index (χ3n) is 4.94. The highest BCUT2D eigenvalue weighted by Crippen LogP contribution is 2.35. The van der Waals surface area contributed by atoms with Gasteiger partial charge in [-0.25, -0.2) is 9.38 Å². The second-order valence-electron chi connectivity index (χ2n) is 6.62. The molecule has 5 nitrogen and oxygen atoms in total. The fourth-order valence-corrected chi connectivity index (χ4v) is 3.81. The van der Waals surface area contributed by atoms with E-state index in [1.807, 2.05) is 29.2 Å². The number of nitrogens with two attached hydrogens (primary N) is 1. The van der Waals surface area contributed by atoms with Crippen LogP contribution in [0.15, 0.2) is 51.9 Å². The number of likely N-dealkylation sites (tertiary alicyclic amines) is 1.